The number of aliphatic carboxylic acids is 1. The number of anilines is 1. The molecule has 1 saturated heterocycles. The van der Waals surface area contributed by atoms with Crippen molar-refractivity contribution in [2.24, 2.45) is 0 Å². The van der Waals surface area contributed by atoms with E-state index in [9.17, 15) is 9.59 Å². The Balaban J connectivity index is 2.12. The number of likely N-dealkylation sites (tertiary alicyclic amines) is 1. The lowest BCUT2D eigenvalue weighted by Crippen LogP contribution is -2.42. The molecular formula is C13H12BrN3O3. The molecule has 7 heteroatoms. The maximum Gasteiger partial charge on any atom is 0.326 e. The zero-order valence-corrected chi connectivity index (χ0v) is 12.1. The molecule has 1 fully saturated rings. The van der Waals surface area contributed by atoms with Crippen LogP contribution in [0, 0.1) is 11.3 Å². The minimum atomic E-state index is -0.989. The van der Waals surface area contributed by atoms with E-state index in [0.717, 1.165) is 0 Å². The van der Waals surface area contributed by atoms with Gasteiger partial charge >= 0.3 is 12.0 Å². The molecule has 1 aromatic carbocycles. The van der Waals surface area contributed by atoms with E-state index in [1.54, 1.807) is 18.2 Å². The van der Waals surface area contributed by atoms with Gasteiger partial charge in [0, 0.05) is 11.0 Å². The monoisotopic (exact) mass is 337 g/mol. The second-order valence-electron chi connectivity index (χ2n) is 4.43. The van der Waals surface area contributed by atoms with E-state index >= 15 is 0 Å². The van der Waals surface area contributed by atoms with Crippen LogP contribution in [0.15, 0.2) is 22.7 Å². The van der Waals surface area contributed by atoms with E-state index < -0.39 is 18.0 Å². The van der Waals surface area contributed by atoms with E-state index in [1.165, 1.54) is 4.90 Å². The van der Waals surface area contributed by atoms with Crippen molar-refractivity contribution >= 4 is 33.6 Å². The van der Waals surface area contributed by atoms with E-state index in [-0.39, 0.29) is 0 Å². The maximum atomic E-state index is 12.1. The first-order valence-electron chi connectivity index (χ1n) is 6.03. The number of urea groups is 1. The summed E-state index contributed by atoms with van der Waals surface area (Å²) in [7, 11) is 0. The highest BCUT2D eigenvalue weighted by molar-refractivity contribution is 9.10. The number of benzene rings is 1. The summed E-state index contributed by atoms with van der Waals surface area (Å²) < 4.78 is 0.580. The molecule has 1 aromatic rings. The number of amides is 2. The quantitative estimate of drug-likeness (QED) is 0.866. The Morgan fingerprint density at radius 1 is 1.50 bits per heavy atom. The molecule has 2 rings (SSSR count). The number of carbonyl (C=O) groups excluding carboxylic acids is 1. The summed E-state index contributed by atoms with van der Waals surface area (Å²) in [5.41, 5.74) is 0.976. The van der Waals surface area contributed by atoms with Crippen molar-refractivity contribution in [3.63, 3.8) is 0 Å². The third kappa shape index (κ3) is 2.91. The summed E-state index contributed by atoms with van der Waals surface area (Å²) in [6.07, 6.45) is 1.15. The molecular weight excluding hydrogens is 326 g/mol. The molecule has 0 radical (unpaired) electrons. The average molecular weight is 338 g/mol. The van der Waals surface area contributed by atoms with Gasteiger partial charge in [0.2, 0.25) is 0 Å². The molecule has 2 N–H and O–H groups in total. The van der Waals surface area contributed by atoms with Crippen molar-refractivity contribution in [3.05, 3.63) is 28.2 Å². The summed E-state index contributed by atoms with van der Waals surface area (Å²) in [6.45, 7) is 0.427. The number of rotatable bonds is 2. The van der Waals surface area contributed by atoms with Gasteiger partial charge < -0.3 is 15.3 Å². The standard InChI is InChI=1S/C13H12BrN3O3/c14-9-6-8(7-15)3-4-10(9)16-13(20)17-5-1-2-11(17)12(18)19/h3-4,6,11H,1-2,5H2,(H,16,20)(H,18,19)/t11-/m1/s1. The van der Waals surface area contributed by atoms with Gasteiger partial charge in [-0.3, -0.25) is 0 Å². The largest absolute Gasteiger partial charge is 0.480 e. The third-order valence-electron chi connectivity index (χ3n) is 3.14. The van der Waals surface area contributed by atoms with Crippen molar-refractivity contribution < 1.29 is 14.7 Å². The van der Waals surface area contributed by atoms with E-state index in [1.807, 2.05) is 6.07 Å². The maximum absolute atomic E-state index is 12.1. The van der Waals surface area contributed by atoms with Crippen LogP contribution in [0.4, 0.5) is 10.5 Å². The lowest BCUT2D eigenvalue weighted by Gasteiger charge is -2.22. The molecule has 0 aromatic heterocycles. The van der Waals surface area contributed by atoms with Crippen LogP contribution in [0.1, 0.15) is 18.4 Å². The van der Waals surface area contributed by atoms with Gasteiger partial charge in [-0.15, -0.1) is 0 Å². The molecule has 0 bridgehead atoms. The van der Waals surface area contributed by atoms with Gasteiger partial charge in [0.05, 0.1) is 17.3 Å². The number of carbonyl (C=O) groups is 2. The van der Waals surface area contributed by atoms with Gasteiger partial charge in [0.15, 0.2) is 0 Å². The van der Waals surface area contributed by atoms with Crippen LogP contribution >= 0.6 is 15.9 Å². The Morgan fingerprint density at radius 3 is 2.85 bits per heavy atom. The van der Waals surface area contributed by atoms with Crippen LogP contribution in [0.25, 0.3) is 0 Å². The summed E-state index contributed by atoms with van der Waals surface area (Å²) in [6, 6.07) is 5.56. The fourth-order valence-electron chi connectivity index (χ4n) is 2.14. The minimum Gasteiger partial charge on any atom is -0.480 e. The topological polar surface area (TPSA) is 93.4 Å². The Labute approximate surface area is 124 Å². The second kappa shape index (κ2) is 5.92. The highest BCUT2D eigenvalue weighted by Gasteiger charge is 2.34. The van der Waals surface area contributed by atoms with Crippen molar-refractivity contribution in [1.29, 1.82) is 5.26 Å². The highest BCUT2D eigenvalue weighted by atomic mass is 79.9. The molecule has 104 valence electrons. The Hall–Kier alpha value is -2.07. The van der Waals surface area contributed by atoms with Gasteiger partial charge in [-0.1, -0.05) is 0 Å². The molecule has 6 nitrogen and oxygen atoms in total. The van der Waals surface area contributed by atoms with Gasteiger partial charge in [0.25, 0.3) is 0 Å². The summed E-state index contributed by atoms with van der Waals surface area (Å²) in [5.74, 6) is -0.989. The van der Waals surface area contributed by atoms with Crippen LogP contribution in [-0.2, 0) is 4.79 Å². The molecule has 0 aliphatic carbocycles. The fraction of sp³-hybridized carbons (Fsp3) is 0.308. The minimum absolute atomic E-state index is 0.427. The van der Waals surface area contributed by atoms with Crippen molar-refractivity contribution in [2.45, 2.75) is 18.9 Å². The van der Waals surface area contributed by atoms with Crippen LogP contribution < -0.4 is 5.32 Å². The first-order valence-corrected chi connectivity index (χ1v) is 6.82. The van der Waals surface area contributed by atoms with Crippen molar-refractivity contribution in [3.8, 4) is 6.07 Å². The molecule has 0 saturated carbocycles. The fourth-order valence-corrected chi connectivity index (χ4v) is 2.62. The number of halogens is 1. The lowest BCUT2D eigenvalue weighted by atomic mass is 10.2. The number of carboxylic acids is 1. The predicted octanol–water partition coefficient (Wildman–Crippen LogP) is 2.40. The normalized spacial score (nSPS) is 17.6. The number of nitrogens with one attached hydrogen (secondary N) is 1. The Kier molecular flexibility index (Phi) is 4.25. The first-order chi connectivity index (χ1) is 9.52. The van der Waals surface area contributed by atoms with Crippen LogP contribution in [0.5, 0.6) is 0 Å². The van der Waals surface area contributed by atoms with Crippen molar-refractivity contribution in [2.75, 3.05) is 11.9 Å². The molecule has 2 amide bonds. The van der Waals surface area contributed by atoms with Crippen LogP contribution in [0.2, 0.25) is 0 Å². The third-order valence-corrected chi connectivity index (χ3v) is 3.79. The Morgan fingerprint density at radius 2 is 2.25 bits per heavy atom. The van der Waals surface area contributed by atoms with Gasteiger partial charge in [-0.2, -0.15) is 5.26 Å². The zero-order chi connectivity index (χ0) is 14.7. The predicted molar refractivity (Wildman–Crippen MR) is 75.2 cm³/mol. The van der Waals surface area contributed by atoms with E-state index in [4.69, 9.17) is 10.4 Å². The number of nitrogens with zero attached hydrogens (tertiary/aromatic N) is 2. The lowest BCUT2D eigenvalue weighted by molar-refractivity contribution is -0.141. The zero-order valence-electron chi connectivity index (χ0n) is 10.5. The molecule has 0 spiro atoms. The van der Waals surface area contributed by atoms with Gasteiger partial charge in [-0.05, 0) is 47.0 Å². The van der Waals surface area contributed by atoms with Gasteiger partial charge in [0.1, 0.15) is 6.04 Å². The highest BCUT2D eigenvalue weighted by Crippen LogP contribution is 2.25. The molecule has 1 aliphatic heterocycles. The molecule has 1 aliphatic rings. The number of hydrogen-bond acceptors (Lipinski definition) is 3. The average Bonchev–Trinajstić information content (AvgIpc) is 2.90. The van der Waals surface area contributed by atoms with Crippen LogP contribution in [-0.4, -0.2) is 34.6 Å². The number of nitriles is 1. The van der Waals surface area contributed by atoms with Crippen molar-refractivity contribution in [1.82, 2.24) is 4.90 Å². The van der Waals surface area contributed by atoms with Crippen LogP contribution in [0.3, 0.4) is 0 Å². The second-order valence-corrected chi connectivity index (χ2v) is 5.28. The molecule has 0 unspecified atom stereocenters. The summed E-state index contributed by atoms with van der Waals surface area (Å²) >= 11 is 3.27. The number of carboxylic acid groups (broad SMARTS) is 1. The Bertz CT molecular complexity index is 597. The smallest absolute Gasteiger partial charge is 0.326 e. The first kappa shape index (κ1) is 14.3. The molecule has 1 atom stereocenters. The molecule has 20 heavy (non-hydrogen) atoms. The summed E-state index contributed by atoms with van der Waals surface area (Å²) in [4.78, 5) is 24.5. The number of hydrogen-bond donors (Lipinski definition) is 2. The summed E-state index contributed by atoms with van der Waals surface area (Å²) in [5, 5.41) is 20.5. The van der Waals surface area contributed by atoms with E-state index in [2.05, 4.69) is 21.2 Å². The van der Waals surface area contributed by atoms with Gasteiger partial charge in [-0.25, -0.2) is 9.59 Å². The SMILES string of the molecule is N#Cc1ccc(NC(=O)N2CCC[C@@H]2C(=O)O)c(Br)c1. The molecule has 1 heterocycles. The van der Waals surface area contributed by atoms with E-state index in [0.29, 0.717) is 35.1 Å².